The van der Waals surface area contributed by atoms with Gasteiger partial charge in [-0.1, -0.05) is 41.4 Å². The molecule has 1 atom stereocenters. The van der Waals surface area contributed by atoms with Crippen LogP contribution in [-0.2, 0) is 10.0 Å². The zero-order chi connectivity index (χ0) is 13.3. The Morgan fingerprint density at radius 1 is 0.842 bits per heavy atom. The third kappa shape index (κ3) is 2.09. The molecule has 2 aromatic carbocycles. The van der Waals surface area contributed by atoms with Gasteiger partial charge in [-0.15, -0.1) is 0 Å². The van der Waals surface area contributed by atoms with E-state index >= 15 is 0 Å². The molecule has 0 amide bonds. The Balaban J connectivity index is 2.19. The molecular weight excluding hydrogens is 279 g/mol. The smallest absolute Gasteiger partial charge is 0.243 e. The van der Waals surface area contributed by atoms with Crippen LogP contribution >= 0.6 is 23.2 Å². The fraction of sp³-hybridized carbons (Fsp3) is 0.0625. The molecule has 0 aliphatic carbocycles. The Kier molecular flexibility index (Phi) is 3.17. The second-order valence-corrected chi connectivity index (χ2v) is 5.16. The van der Waals surface area contributed by atoms with E-state index in [1.165, 1.54) is 0 Å². The van der Waals surface area contributed by atoms with E-state index in [1.807, 2.05) is 54.6 Å². The Morgan fingerprint density at radius 3 is 2.26 bits per heavy atom. The van der Waals surface area contributed by atoms with E-state index in [0.717, 1.165) is 11.1 Å². The first-order valence-corrected chi connectivity index (χ1v) is 6.68. The molecule has 0 spiro atoms. The summed E-state index contributed by atoms with van der Waals surface area (Å²) in [4.78, 5) is 0. The third-order valence-corrected chi connectivity index (χ3v) is 3.95. The van der Waals surface area contributed by atoms with Crippen molar-refractivity contribution in [1.82, 2.24) is 0 Å². The van der Waals surface area contributed by atoms with Gasteiger partial charge in [0.15, 0.2) is 0 Å². The molecule has 3 rings (SSSR count). The van der Waals surface area contributed by atoms with Crippen LogP contribution in [0.1, 0.15) is 11.1 Å². The molecule has 0 radical (unpaired) electrons. The van der Waals surface area contributed by atoms with Gasteiger partial charge < -0.3 is 0 Å². The van der Waals surface area contributed by atoms with E-state index < -0.39 is 5.60 Å². The summed E-state index contributed by atoms with van der Waals surface area (Å²) in [5.41, 5.74) is 1.40. The first kappa shape index (κ1) is 12.5. The molecule has 3 heteroatoms. The van der Waals surface area contributed by atoms with Crippen LogP contribution in [0.3, 0.4) is 0 Å². The van der Waals surface area contributed by atoms with Crippen LogP contribution in [0, 0.1) is 0 Å². The molecule has 1 heterocycles. The van der Waals surface area contributed by atoms with E-state index in [0.29, 0.717) is 10.0 Å². The largest absolute Gasteiger partial charge is 0.350 e. The van der Waals surface area contributed by atoms with Gasteiger partial charge in [-0.3, -0.25) is 0 Å². The molecule has 0 bridgehead atoms. The molecule has 0 N–H and O–H groups in total. The van der Waals surface area contributed by atoms with Gasteiger partial charge in [-0.05, 0) is 30.3 Å². The number of aldehydes is 1. The zero-order valence-corrected chi connectivity index (χ0v) is 11.5. The van der Waals surface area contributed by atoms with Gasteiger partial charge in [0.1, 0.15) is 0 Å². The zero-order valence-electron chi connectivity index (χ0n) is 10.0. The Morgan fingerprint density at radius 2 is 1.63 bits per heavy atom. The van der Waals surface area contributed by atoms with Gasteiger partial charge in [-0.2, -0.15) is 0 Å². The van der Waals surface area contributed by atoms with E-state index in [-0.39, 0.29) is 0 Å². The lowest BCUT2D eigenvalue weighted by Crippen LogP contribution is -2.24. The quantitative estimate of drug-likeness (QED) is 0.568. The molecule has 1 aliphatic heterocycles. The molecule has 0 saturated carbocycles. The first-order chi connectivity index (χ1) is 9.22. The lowest BCUT2D eigenvalue weighted by atomic mass is 9.86. The van der Waals surface area contributed by atoms with Crippen molar-refractivity contribution in [2.45, 2.75) is 5.60 Å². The maximum absolute atomic E-state index is 6.12. The van der Waals surface area contributed by atoms with Crippen molar-refractivity contribution in [2.75, 3.05) is 0 Å². The summed E-state index contributed by atoms with van der Waals surface area (Å²) in [7, 11) is 0. The van der Waals surface area contributed by atoms with Crippen molar-refractivity contribution < 1.29 is 4.42 Å². The SMILES string of the molecule is Clc1ccc(C2(c3ccccc3)C=CC=[O+]2)cc1Cl. The van der Waals surface area contributed by atoms with Gasteiger partial charge in [-0.25, -0.2) is 4.42 Å². The van der Waals surface area contributed by atoms with Gasteiger partial charge in [0.05, 0.1) is 21.2 Å². The lowest BCUT2D eigenvalue weighted by molar-refractivity contribution is -0.524. The van der Waals surface area contributed by atoms with Crippen molar-refractivity contribution in [3.63, 3.8) is 0 Å². The molecule has 0 saturated heterocycles. The third-order valence-electron chi connectivity index (χ3n) is 3.21. The number of benzene rings is 2. The van der Waals surface area contributed by atoms with E-state index in [4.69, 9.17) is 27.6 Å². The molecule has 19 heavy (non-hydrogen) atoms. The maximum Gasteiger partial charge on any atom is 0.350 e. The van der Waals surface area contributed by atoms with Crippen LogP contribution in [0.5, 0.6) is 0 Å². The van der Waals surface area contributed by atoms with E-state index in [1.54, 1.807) is 12.4 Å². The van der Waals surface area contributed by atoms with Crippen LogP contribution in [0.15, 0.2) is 60.7 Å². The highest BCUT2D eigenvalue weighted by Crippen LogP contribution is 2.37. The number of hydrogen-bond acceptors (Lipinski definition) is 0. The Bertz CT molecular complexity index is 648. The number of allylic oxidation sites excluding steroid dienone is 1. The van der Waals surface area contributed by atoms with Crippen LogP contribution in [0.4, 0.5) is 0 Å². The number of carbonyl (C=O) groups excluding carboxylic acids is 1. The van der Waals surface area contributed by atoms with E-state index in [9.17, 15) is 0 Å². The lowest BCUT2D eigenvalue weighted by Gasteiger charge is -2.15. The topological polar surface area (TPSA) is 11.3 Å². The number of hydrogen-bond donors (Lipinski definition) is 0. The normalized spacial score (nSPS) is 20.9. The van der Waals surface area contributed by atoms with Crippen molar-refractivity contribution in [3.8, 4) is 0 Å². The van der Waals surface area contributed by atoms with Crippen LogP contribution in [0.25, 0.3) is 0 Å². The second-order valence-electron chi connectivity index (χ2n) is 4.34. The fourth-order valence-electron chi connectivity index (χ4n) is 2.27. The minimum Gasteiger partial charge on any atom is -0.243 e. The molecule has 94 valence electrons. The van der Waals surface area contributed by atoms with Gasteiger partial charge >= 0.3 is 11.9 Å². The average Bonchev–Trinajstić information content (AvgIpc) is 2.93. The summed E-state index contributed by atoms with van der Waals surface area (Å²) >= 11 is 12.1. The monoisotopic (exact) mass is 289 g/mol. The highest BCUT2D eigenvalue weighted by Gasteiger charge is 2.45. The van der Waals surface area contributed by atoms with Crippen molar-refractivity contribution in [3.05, 3.63) is 81.9 Å². The molecule has 0 aromatic heterocycles. The highest BCUT2D eigenvalue weighted by atomic mass is 35.5. The van der Waals surface area contributed by atoms with Crippen molar-refractivity contribution in [1.29, 1.82) is 0 Å². The second kappa shape index (κ2) is 4.84. The van der Waals surface area contributed by atoms with Crippen molar-refractivity contribution >= 4 is 29.5 Å². The molecule has 2 aromatic rings. The Hall–Kier alpha value is -1.57. The van der Waals surface area contributed by atoms with Gasteiger partial charge in [0.25, 0.3) is 0 Å². The molecule has 1 aliphatic rings. The molecule has 1 nitrogen and oxygen atoms in total. The predicted octanol–water partition coefficient (Wildman–Crippen LogP) is 4.54. The predicted molar refractivity (Wildman–Crippen MR) is 78.9 cm³/mol. The summed E-state index contributed by atoms with van der Waals surface area (Å²) in [6.07, 6.45) is 5.60. The van der Waals surface area contributed by atoms with Crippen LogP contribution in [-0.4, -0.2) is 6.29 Å². The van der Waals surface area contributed by atoms with Crippen LogP contribution < -0.4 is 0 Å². The number of rotatable bonds is 2. The summed E-state index contributed by atoms with van der Waals surface area (Å²) in [5.74, 6) is 0. The molecular formula is C16H11Cl2O+. The minimum absolute atomic E-state index is 0.526. The summed E-state index contributed by atoms with van der Waals surface area (Å²) < 4.78 is 5.87. The summed E-state index contributed by atoms with van der Waals surface area (Å²) in [6, 6.07) is 15.6. The standard InChI is InChI=1S/C16H11Cl2O/c17-14-8-7-13(11-15(14)18)16(9-4-10-19-16)12-5-2-1-3-6-12/h1-11H/q+1. The molecule has 0 fully saturated rings. The van der Waals surface area contributed by atoms with Crippen molar-refractivity contribution in [2.24, 2.45) is 0 Å². The maximum atomic E-state index is 6.12. The fourth-order valence-corrected chi connectivity index (χ4v) is 2.57. The molecule has 1 unspecified atom stereocenters. The minimum atomic E-state index is -0.616. The van der Waals surface area contributed by atoms with Gasteiger partial charge in [0, 0.05) is 12.2 Å². The average molecular weight is 290 g/mol. The van der Waals surface area contributed by atoms with E-state index in [2.05, 4.69) is 0 Å². The first-order valence-electron chi connectivity index (χ1n) is 5.92. The van der Waals surface area contributed by atoms with Gasteiger partial charge in [0.2, 0.25) is 0 Å². The van der Waals surface area contributed by atoms with Crippen LogP contribution in [0.2, 0.25) is 10.0 Å². The summed E-state index contributed by atoms with van der Waals surface area (Å²) in [6.45, 7) is 0. The summed E-state index contributed by atoms with van der Waals surface area (Å²) in [5, 5.41) is 1.07. The highest BCUT2D eigenvalue weighted by molar-refractivity contribution is 6.42. The number of halogens is 2. The Labute approximate surface area is 121 Å².